The van der Waals surface area contributed by atoms with Gasteiger partial charge in [0.15, 0.2) is 0 Å². The molecule has 6 heteroatoms. The average Bonchev–Trinajstić information content (AvgIpc) is 2.37. The molecular formula is C13H17N3O3. The first-order valence-corrected chi connectivity index (χ1v) is 5.75. The lowest BCUT2D eigenvalue weighted by Crippen LogP contribution is -2.27. The van der Waals surface area contributed by atoms with Gasteiger partial charge in [-0.2, -0.15) is 0 Å². The molecule has 0 aliphatic rings. The minimum absolute atomic E-state index is 0.142. The molecule has 0 aromatic heterocycles. The van der Waals surface area contributed by atoms with Crippen molar-refractivity contribution in [2.75, 3.05) is 25.5 Å². The standard InChI is InChI=1S/C13H17N3O3/c14-11-4-1-10(2-5-11)3-6-13(18)16-7-8-19-9-12(15)17/h1-6H,7-9,14H2,(H2,15,17)(H,16,18)/b6-3+. The summed E-state index contributed by atoms with van der Waals surface area (Å²) in [6, 6.07) is 7.15. The van der Waals surface area contributed by atoms with Crippen LogP contribution < -0.4 is 16.8 Å². The highest BCUT2D eigenvalue weighted by Crippen LogP contribution is 2.06. The molecule has 6 nitrogen and oxygen atoms in total. The summed E-state index contributed by atoms with van der Waals surface area (Å²) in [5, 5.41) is 2.61. The Labute approximate surface area is 111 Å². The van der Waals surface area contributed by atoms with Crippen LogP contribution in [0.15, 0.2) is 30.3 Å². The number of rotatable bonds is 7. The molecular weight excluding hydrogens is 246 g/mol. The van der Waals surface area contributed by atoms with Crippen molar-refractivity contribution in [3.8, 4) is 0 Å². The molecule has 2 amide bonds. The predicted octanol–water partition coefficient (Wildman–Crippen LogP) is -0.0999. The zero-order chi connectivity index (χ0) is 14.1. The highest BCUT2D eigenvalue weighted by molar-refractivity contribution is 5.91. The van der Waals surface area contributed by atoms with E-state index in [1.807, 2.05) is 12.1 Å². The van der Waals surface area contributed by atoms with E-state index in [9.17, 15) is 9.59 Å². The van der Waals surface area contributed by atoms with Gasteiger partial charge < -0.3 is 21.5 Å². The van der Waals surface area contributed by atoms with Crippen LogP contribution in [-0.2, 0) is 14.3 Å². The number of primary amides is 1. The van der Waals surface area contributed by atoms with Crippen LogP contribution in [0.4, 0.5) is 5.69 Å². The predicted molar refractivity (Wildman–Crippen MR) is 72.9 cm³/mol. The molecule has 0 unspecified atom stereocenters. The Morgan fingerprint density at radius 1 is 1.26 bits per heavy atom. The number of hydrogen-bond acceptors (Lipinski definition) is 4. The summed E-state index contributed by atoms with van der Waals surface area (Å²) in [5.41, 5.74) is 12.0. The largest absolute Gasteiger partial charge is 0.399 e. The maximum Gasteiger partial charge on any atom is 0.244 e. The van der Waals surface area contributed by atoms with Crippen molar-refractivity contribution in [3.63, 3.8) is 0 Å². The van der Waals surface area contributed by atoms with Crippen molar-refractivity contribution >= 4 is 23.6 Å². The third-order valence-electron chi connectivity index (χ3n) is 2.15. The quantitative estimate of drug-likeness (QED) is 0.362. The van der Waals surface area contributed by atoms with Crippen molar-refractivity contribution in [2.45, 2.75) is 0 Å². The lowest BCUT2D eigenvalue weighted by molar-refractivity contribution is -0.122. The fourth-order valence-electron chi connectivity index (χ4n) is 1.26. The van der Waals surface area contributed by atoms with E-state index in [0.717, 1.165) is 5.56 Å². The van der Waals surface area contributed by atoms with Gasteiger partial charge in [-0.3, -0.25) is 9.59 Å². The lowest BCUT2D eigenvalue weighted by Gasteiger charge is -2.02. The van der Waals surface area contributed by atoms with E-state index < -0.39 is 5.91 Å². The van der Waals surface area contributed by atoms with Crippen molar-refractivity contribution in [1.82, 2.24) is 5.32 Å². The molecule has 0 spiro atoms. The van der Waals surface area contributed by atoms with Gasteiger partial charge in [0.2, 0.25) is 11.8 Å². The van der Waals surface area contributed by atoms with E-state index >= 15 is 0 Å². The molecule has 102 valence electrons. The molecule has 0 heterocycles. The van der Waals surface area contributed by atoms with E-state index in [2.05, 4.69) is 5.32 Å². The number of carbonyl (C=O) groups excluding carboxylic acids is 2. The number of hydrogen-bond donors (Lipinski definition) is 3. The van der Waals surface area contributed by atoms with Crippen LogP contribution >= 0.6 is 0 Å². The van der Waals surface area contributed by atoms with Gasteiger partial charge in [0.1, 0.15) is 6.61 Å². The highest BCUT2D eigenvalue weighted by Gasteiger charge is 1.96. The van der Waals surface area contributed by atoms with Gasteiger partial charge in [-0.15, -0.1) is 0 Å². The first kappa shape index (κ1) is 14.7. The summed E-state index contributed by atoms with van der Waals surface area (Å²) < 4.78 is 4.89. The van der Waals surface area contributed by atoms with Crippen LogP contribution in [0.2, 0.25) is 0 Å². The van der Waals surface area contributed by atoms with Crippen LogP contribution in [0, 0.1) is 0 Å². The number of carbonyl (C=O) groups is 2. The minimum atomic E-state index is -0.533. The van der Waals surface area contributed by atoms with Crippen LogP contribution in [0.3, 0.4) is 0 Å². The van der Waals surface area contributed by atoms with Gasteiger partial charge in [0.25, 0.3) is 0 Å². The van der Waals surface area contributed by atoms with E-state index in [-0.39, 0.29) is 19.1 Å². The summed E-state index contributed by atoms with van der Waals surface area (Å²) in [6.07, 6.45) is 3.10. The van der Waals surface area contributed by atoms with Gasteiger partial charge in [0.05, 0.1) is 6.61 Å². The Hall–Kier alpha value is -2.34. The SMILES string of the molecule is NC(=O)COCCNC(=O)/C=C/c1ccc(N)cc1. The maximum absolute atomic E-state index is 11.4. The van der Waals surface area contributed by atoms with Gasteiger partial charge in [-0.25, -0.2) is 0 Å². The molecule has 0 aliphatic carbocycles. The number of nitrogens with two attached hydrogens (primary N) is 2. The van der Waals surface area contributed by atoms with E-state index in [0.29, 0.717) is 12.2 Å². The zero-order valence-electron chi connectivity index (χ0n) is 10.5. The summed E-state index contributed by atoms with van der Waals surface area (Å²) in [7, 11) is 0. The molecule has 1 rings (SSSR count). The molecule has 19 heavy (non-hydrogen) atoms. The van der Waals surface area contributed by atoms with Gasteiger partial charge in [-0.1, -0.05) is 12.1 Å². The number of nitrogens with one attached hydrogen (secondary N) is 1. The molecule has 0 aliphatic heterocycles. The monoisotopic (exact) mass is 263 g/mol. The second-order valence-corrected chi connectivity index (χ2v) is 3.81. The van der Waals surface area contributed by atoms with Crippen molar-refractivity contribution in [3.05, 3.63) is 35.9 Å². The summed E-state index contributed by atoms with van der Waals surface area (Å²) >= 11 is 0. The molecule has 0 saturated heterocycles. The second kappa shape index (κ2) is 7.88. The van der Waals surface area contributed by atoms with Gasteiger partial charge >= 0.3 is 0 Å². The molecule has 0 saturated carbocycles. The summed E-state index contributed by atoms with van der Waals surface area (Å²) in [5.74, 6) is -0.769. The van der Waals surface area contributed by atoms with Crippen molar-refractivity contribution in [2.24, 2.45) is 5.73 Å². The van der Waals surface area contributed by atoms with E-state index in [4.69, 9.17) is 16.2 Å². The van der Waals surface area contributed by atoms with Crippen molar-refractivity contribution < 1.29 is 14.3 Å². The fraction of sp³-hybridized carbons (Fsp3) is 0.231. The Morgan fingerprint density at radius 2 is 1.95 bits per heavy atom. The Bertz CT molecular complexity index is 455. The Morgan fingerprint density at radius 3 is 2.58 bits per heavy atom. The molecule has 0 fully saturated rings. The molecule has 5 N–H and O–H groups in total. The van der Waals surface area contributed by atoms with E-state index in [1.54, 1.807) is 18.2 Å². The van der Waals surface area contributed by atoms with Crippen LogP contribution in [0.5, 0.6) is 0 Å². The minimum Gasteiger partial charge on any atom is -0.399 e. The summed E-state index contributed by atoms with van der Waals surface area (Å²) in [6.45, 7) is 0.416. The van der Waals surface area contributed by atoms with E-state index in [1.165, 1.54) is 6.08 Å². The number of nitrogen functional groups attached to an aromatic ring is 1. The number of benzene rings is 1. The second-order valence-electron chi connectivity index (χ2n) is 3.81. The normalized spacial score (nSPS) is 10.5. The Balaban J connectivity index is 2.23. The Kier molecular flexibility index (Phi) is 6.11. The topological polar surface area (TPSA) is 107 Å². The first-order chi connectivity index (χ1) is 9.08. The smallest absolute Gasteiger partial charge is 0.244 e. The van der Waals surface area contributed by atoms with Crippen LogP contribution in [0.1, 0.15) is 5.56 Å². The zero-order valence-corrected chi connectivity index (χ0v) is 10.5. The summed E-state index contributed by atoms with van der Waals surface area (Å²) in [4.78, 5) is 21.8. The third-order valence-corrected chi connectivity index (χ3v) is 2.15. The molecule has 1 aromatic carbocycles. The lowest BCUT2D eigenvalue weighted by atomic mass is 10.2. The number of ether oxygens (including phenoxy) is 1. The fourth-order valence-corrected chi connectivity index (χ4v) is 1.26. The third kappa shape index (κ3) is 6.85. The average molecular weight is 263 g/mol. The molecule has 0 bridgehead atoms. The van der Waals surface area contributed by atoms with Gasteiger partial charge in [-0.05, 0) is 23.8 Å². The van der Waals surface area contributed by atoms with Crippen molar-refractivity contribution in [1.29, 1.82) is 0 Å². The van der Waals surface area contributed by atoms with Crippen LogP contribution in [-0.4, -0.2) is 31.6 Å². The number of anilines is 1. The first-order valence-electron chi connectivity index (χ1n) is 5.75. The number of amides is 2. The molecule has 0 atom stereocenters. The van der Waals surface area contributed by atoms with Gasteiger partial charge in [0, 0.05) is 18.3 Å². The van der Waals surface area contributed by atoms with Crippen LogP contribution in [0.25, 0.3) is 6.08 Å². The highest BCUT2D eigenvalue weighted by atomic mass is 16.5. The molecule has 1 aromatic rings. The molecule has 0 radical (unpaired) electrons. The maximum atomic E-state index is 11.4.